The lowest BCUT2D eigenvalue weighted by Gasteiger charge is -2.14. The summed E-state index contributed by atoms with van der Waals surface area (Å²) in [5, 5.41) is 4.23. The molecule has 0 spiro atoms. The van der Waals surface area contributed by atoms with Gasteiger partial charge in [-0.05, 0) is 50.4 Å². The van der Waals surface area contributed by atoms with Crippen LogP contribution in [0.5, 0.6) is 5.75 Å². The number of aromatic nitrogens is 1. The molecule has 3 nitrogen and oxygen atoms in total. The van der Waals surface area contributed by atoms with Crippen molar-refractivity contribution >= 4 is 48.5 Å². The number of pyridine rings is 1. The van der Waals surface area contributed by atoms with Crippen molar-refractivity contribution in [1.82, 2.24) is 4.98 Å². The molecule has 1 aromatic carbocycles. The fraction of sp³-hybridized carbons (Fsp3) is 0.357. The minimum absolute atomic E-state index is 0.804. The van der Waals surface area contributed by atoms with Crippen LogP contribution in [0.3, 0.4) is 0 Å². The summed E-state index contributed by atoms with van der Waals surface area (Å²) in [4.78, 5) is 4.74. The molecule has 2 rings (SSSR count). The van der Waals surface area contributed by atoms with E-state index in [1.165, 1.54) is 0 Å². The molecule has 0 atom stereocenters. The van der Waals surface area contributed by atoms with Gasteiger partial charge in [-0.15, -0.1) is 0 Å². The van der Waals surface area contributed by atoms with Crippen LogP contribution in [0.4, 0.5) is 5.69 Å². The molecule has 0 radical (unpaired) electrons. The van der Waals surface area contributed by atoms with E-state index in [0.29, 0.717) is 0 Å². The van der Waals surface area contributed by atoms with Gasteiger partial charge in [0.25, 0.3) is 0 Å². The Morgan fingerprint density at radius 2 is 2.00 bits per heavy atom. The summed E-state index contributed by atoms with van der Waals surface area (Å²) < 4.78 is 7.38. The number of ether oxygens (including phenoxy) is 1. The molecule has 0 aliphatic heterocycles. The Hall–Kier alpha value is -0.810. The third-order valence-corrected chi connectivity index (χ3v) is 4.17. The molecule has 0 saturated carbocycles. The fourth-order valence-electron chi connectivity index (χ4n) is 2.15. The number of anilines is 1. The molecular weight excluding hydrogens is 372 g/mol. The molecule has 0 unspecified atom stereocenters. The van der Waals surface area contributed by atoms with Crippen molar-refractivity contribution in [1.29, 1.82) is 0 Å². The van der Waals surface area contributed by atoms with Crippen LogP contribution in [0.1, 0.15) is 19.0 Å². The van der Waals surface area contributed by atoms with Crippen LogP contribution in [0.2, 0.25) is 0 Å². The van der Waals surface area contributed by atoms with Gasteiger partial charge < -0.3 is 10.1 Å². The van der Waals surface area contributed by atoms with Gasteiger partial charge in [0.2, 0.25) is 0 Å². The molecule has 102 valence electrons. The Kier molecular flexibility index (Phi) is 4.68. The van der Waals surface area contributed by atoms with Gasteiger partial charge in [-0.3, -0.25) is 4.98 Å². The zero-order valence-electron chi connectivity index (χ0n) is 11.2. The van der Waals surface area contributed by atoms with E-state index in [0.717, 1.165) is 49.8 Å². The smallest absolute Gasteiger partial charge is 0.144 e. The van der Waals surface area contributed by atoms with Crippen molar-refractivity contribution in [2.24, 2.45) is 0 Å². The predicted octanol–water partition coefficient (Wildman–Crippen LogP) is 4.76. The Labute approximate surface area is 130 Å². The quantitative estimate of drug-likeness (QED) is 0.820. The number of benzene rings is 1. The molecule has 0 fully saturated rings. The summed E-state index contributed by atoms with van der Waals surface area (Å²) >= 11 is 7.11. The topological polar surface area (TPSA) is 34.1 Å². The monoisotopic (exact) mass is 386 g/mol. The number of halogens is 2. The average Bonchev–Trinajstić information content (AvgIpc) is 2.39. The van der Waals surface area contributed by atoms with Crippen LogP contribution < -0.4 is 10.1 Å². The van der Waals surface area contributed by atoms with E-state index < -0.39 is 0 Å². The van der Waals surface area contributed by atoms with Crippen molar-refractivity contribution in [2.75, 3.05) is 19.5 Å². The Bertz CT molecular complexity index is 614. The second kappa shape index (κ2) is 6.09. The lowest BCUT2D eigenvalue weighted by atomic mass is 10.1. The summed E-state index contributed by atoms with van der Waals surface area (Å²) in [5.74, 6) is 0.804. The summed E-state index contributed by atoms with van der Waals surface area (Å²) in [6.45, 7) is 2.15. The SMILES string of the molecule is CCCc1cc(NC)c2c(OC)c(Br)cc(Br)c2n1. The summed E-state index contributed by atoms with van der Waals surface area (Å²) in [5.41, 5.74) is 3.05. The van der Waals surface area contributed by atoms with Crippen molar-refractivity contribution in [3.8, 4) is 5.75 Å². The highest BCUT2D eigenvalue weighted by molar-refractivity contribution is 9.11. The third-order valence-electron chi connectivity index (χ3n) is 2.98. The summed E-state index contributed by atoms with van der Waals surface area (Å²) in [6.07, 6.45) is 2.04. The number of fused-ring (bicyclic) bond motifs is 1. The second-order valence-electron chi connectivity index (χ2n) is 4.26. The van der Waals surface area contributed by atoms with E-state index in [1.54, 1.807) is 7.11 Å². The van der Waals surface area contributed by atoms with Gasteiger partial charge in [-0.2, -0.15) is 0 Å². The molecular formula is C14H16Br2N2O. The summed E-state index contributed by atoms with van der Waals surface area (Å²) in [6, 6.07) is 4.07. The minimum atomic E-state index is 0.804. The van der Waals surface area contributed by atoms with Gasteiger partial charge in [0.15, 0.2) is 0 Å². The van der Waals surface area contributed by atoms with E-state index in [1.807, 2.05) is 13.1 Å². The van der Waals surface area contributed by atoms with Gasteiger partial charge in [0.05, 0.1) is 22.5 Å². The minimum Gasteiger partial charge on any atom is -0.495 e. The van der Waals surface area contributed by atoms with Crippen LogP contribution >= 0.6 is 31.9 Å². The number of nitrogens with one attached hydrogen (secondary N) is 1. The van der Waals surface area contributed by atoms with Crippen LogP contribution in [0, 0.1) is 0 Å². The lowest BCUT2D eigenvalue weighted by Crippen LogP contribution is -1.99. The number of nitrogens with zero attached hydrogens (tertiary/aromatic N) is 1. The van der Waals surface area contributed by atoms with Crippen molar-refractivity contribution in [3.63, 3.8) is 0 Å². The van der Waals surface area contributed by atoms with Crippen LogP contribution in [-0.4, -0.2) is 19.1 Å². The lowest BCUT2D eigenvalue weighted by molar-refractivity contribution is 0.417. The highest BCUT2D eigenvalue weighted by Crippen LogP contribution is 2.41. The molecule has 0 amide bonds. The number of rotatable bonds is 4. The summed E-state index contributed by atoms with van der Waals surface area (Å²) in [7, 11) is 3.59. The third kappa shape index (κ3) is 2.72. The van der Waals surface area contributed by atoms with Crippen LogP contribution in [0.25, 0.3) is 10.9 Å². The number of methoxy groups -OCH3 is 1. The Morgan fingerprint density at radius 3 is 2.58 bits per heavy atom. The number of hydrogen-bond acceptors (Lipinski definition) is 3. The van der Waals surface area contributed by atoms with E-state index in [4.69, 9.17) is 9.72 Å². The van der Waals surface area contributed by atoms with E-state index in [9.17, 15) is 0 Å². The molecule has 0 bridgehead atoms. The molecule has 0 saturated heterocycles. The van der Waals surface area contributed by atoms with E-state index in [-0.39, 0.29) is 0 Å². The molecule has 1 N–H and O–H groups in total. The van der Waals surface area contributed by atoms with E-state index in [2.05, 4.69) is 50.2 Å². The normalized spacial score (nSPS) is 10.8. The number of aryl methyl sites for hydroxylation is 1. The molecule has 5 heteroatoms. The first-order valence-electron chi connectivity index (χ1n) is 6.15. The van der Waals surface area contributed by atoms with Crippen LogP contribution in [-0.2, 0) is 6.42 Å². The van der Waals surface area contributed by atoms with Crippen molar-refractivity contribution in [2.45, 2.75) is 19.8 Å². The van der Waals surface area contributed by atoms with Gasteiger partial charge in [0, 0.05) is 22.9 Å². The number of hydrogen-bond donors (Lipinski definition) is 1. The first-order chi connectivity index (χ1) is 9.12. The zero-order valence-corrected chi connectivity index (χ0v) is 14.4. The van der Waals surface area contributed by atoms with Crippen molar-refractivity contribution in [3.05, 3.63) is 26.8 Å². The molecule has 0 aliphatic rings. The maximum atomic E-state index is 5.51. The van der Waals surface area contributed by atoms with Gasteiger partial charge in [-0.1, -0.05) is 13.3 Å². The molecule has 0 aliphatic carbocycles. The van der Waals surface area contributed by atoms with Gasteiger partial charge >= 0.3 is 0 Å². The molecule has 1 heterocycles. The fourth-order valence-corrected chi connectivity index (χ4v) is 3.56. The molecule has 19 heavy (non-hydrogen) atoms. The first kappa shape index (κ1) is 14.6. The highest BCUT2D eigenvalue weighted by Gasteiger charge is 2.16. The predicted molar refractivity (Wildman–Crippen MR) is 87.2 cm³/mol. The standard InChI is InChI=1S/C14H16Br2N2O/c1-4-5-8-6-11(17-2)12-13(18-8)9(15)7-10(16)14(12)19-3/h6-7H,4-5H2,1-3H3,(H,17,18). The maximum absolute atomic E-state index is 5.51. The van der Waals surface area contributed by atoms with Crippen molar-refractivity contribution < 1.29 is 4.74 Å². The van der Waals surface area contributed by atoms with Gasteiger partial charge in [-0.25, -0.2) is 0 Å². The second-order valence-corrected chi connectivity index (χ2v) is 5.97. The van der Waals surface area contributed by atoms with Gasteiger partial charge in [0.1, 0.15) is 5.75 Å². The highest BCUT2D eigenvalue weighted by atomic mass is 79.9. The average molecular weight is 388 g/mol. The Balaban J connectivity index is 2.84. The molecule has 1 aromatic heterocycles. The zero-order chi connectivity index (χ0) is 14.0. The largest absolute Gasteiger partial charge is 0.495 e. The maximum Gasteiger partial charge on any atom is 0.144 e. The first-order valence-corrected chi connectivity index (χ1v) is 7.74. The Morgan fingerprint density at radius 1 is 1.26 bits per heavy atom. The van der Waals surface area contributed by atoms with Crippen LogP contribution in [0.15, 0.2) is 21.1 Å². The molecule has 2 aromatic rings. The van der Waals surface area contributed by atoms with E-state index >= 15 is 0 Å².